The fourth-order valence-corrected chi connectivity index (χ4v) is 4.79. The van der Waals surface area contributed by atoms with Gasteiger partial charge in [-0.3, -0.25) is 9.59 Å². The summed E-state index contributed by atoms with van der Waals surface area (Å²) >= 11 is 3.76. The van der Waals surface area contributed by atoms with Crippen molar-refractivity contribution in [2.24, 2.45) is 5.41 Å². The molecule has 1 saturated carbocycles. The lowest BCUT2D eigenvalue weighted by Crippen LogP contribution is -2.40. The lowest BCUT2D eigenvalue weighted by molar-refractivity contribution is -0.129. The third kappa shape index (κ3) is 2.94. The van der Waals surface area contributed by atoms with Gasteiger partial charge >= 0.3 is 0 Å². The van der Waals surface area contributed by atoms with Crippen LogP contribution >= 0.6 is 15.9 Å². The molecule has 3 heteroatoms. The highest BCUT2D eigenvalue weighted by molar-refractivity contribution is 9.11. The first kappa shape index (κ1) is 15.2. The molecule has 0 bridgehead atoms. The molecule has 21 heavy (non-hydrogen) atoms. The van der Waals surface area contributed by atoms with E-state index in [-0.39, 0.29) is 11.2 Å². The highest BCUT2D eigenvalue weighted by Crippen LogP contribution is 2.50. The van der Waals surface area contributed by atoms with Gasteiger partial charge < -0.3 is 0 Å². The van der Waals surface area contributed by atoms with Crippen molar-refractivity contribution in [3.8, 4) is 0 Å². The van der Waals surface area contributed by atoms with Crippen LogP contribution in [0.15, 0.2) is 21.7 Å². The van der Waals surface area contributed by atoms with Crippen LogP contribution in [0.5, 0.6) is 0 Å². The van der Waals surface area contributed by atoms with Crippen molar-refractivity contribution in [3.63, 3.8) is 0 Å². The molecule has 0 aromatic rings. The van der Waals surface area contributed by atoms with Gasteiger partial charge in [0.2, 0.25) is 0 Å². The van der Waals surface area contributed by atoms with Gasteiger partial charge in [0.15, 0.2) is 5.78 Å². The number of rotatable bonds is 2. The van der Waals surface area contributed by atoms with Crippen LogP contribution in [-0.2, 0) is 9.59 Å². The number of hydrogen-bond acceptors (Lipinski definition) is 2. The molecule has 0 heterocycles. The molecule has 0 spiro atoms. The predicted molar refractivity (Wildman–Crippen MR) is 87.3 cm³/mol. The molecule has 2 nitrogen and oxygen atoms in total. The average Bonchev–Trinajstić information content (AvgIpc) is 2.66. The zero-order valence-electron chi connectivity index (χ0n) is 12.5. The van der Waals surface area contributed by atoms with E-state index in [9.17, 15) is 9.59 Å². The molecule has 1 fully saturated rings. The van der Waals surface area contributed by atoms with Crippen molar-refractivity contribution in [2.75, 3.05) is 0 Å². The number of ketones is 2. The second-order valence-corrected chi connectivity index (χ2v) is 7.70. The second kappa shape index (κ2) is 6.20. The van der Waals surface area contributed by atoms with Crippen molar-refractivity contribution >= 4 is 27.5 Å². The smallest absolute Gasteiger partial charge is 0.155 e. The Bertz CT molecular complexity index is 529. The van der Waals surface area contributed by atoms with E-state index in [2.05, 4.69) is 15.9 Å². The molecule has 0 aliphatic heterocycles. The SMILES string of the molecule is O=C1C=C2CCCC(=O)C2(CC2=C(Br)CCCCC2)CC1. The van der Waals surface area contributed by atoms with Gasteiger partial charge in [0.1, 0.15) is 5.78 Å². The molecular formula is C18H23BrO2. The van der Waals surface area contributed by atoms with Crippen LogP contribution < -0.4 is 0 Å². The summed E-state index contributed by atoms with van der Waals surface area (Å²) in [7, 11) is 0. The topological polar surface area (TPSA) is 34.1 Å². The second-order valence-electron chi connectivity index (χ2n) is 6.74. The fourth-order valence-electron chi connectivity index (χ4n) is 4.17. The monoisotopic (exact) mass is 350 g/mol. The maximum Gasteiger partial charge on any atom is 0.155 e. The zero-order valence-corrected chi connectivity index (χ0v) is 14.1. The molecule has 0 aromatic carbocycles. The number of carbonyl (C=O) groups is 2. The molecule has 114 valence electrons. The van der Waals surface area contributed by atoms with E-state index in [1.807, 2.05) is 0 Å². The molecule has 1 unspecified atom stereocenters. The van der Waals surface area contributed by atoms with E-state index >= 15 is 0 Å². The van der Waals surface area contributed by atoms with E-state index in [1.54, 1.807) is 6.08 Å². The van der Waals surface area contributed by atoms with Crippen molar-refractivity contribution in [1.82, 2.24) is 0 Å². The molecule has 3 rings (SSSR count). The Balaban J connectivity index is 1.94. The Morgan fingerprint density at radius 2 is 1.76 bits per heavy atom. The summed E-state index contributed by atoms with van der Waals surface area (Å²) in [5, 5.41) is 0. The standard InChI is InChI=1S/C18H23BrO2/c19-16-7-3-1-2-5-13(16)12-18-10-9-15(20)11-14(18)6-4-8-17(18)21/h11H,1-10,12H2. The number of fused-ring (bicyclic) bond motifs is 1. The molecule has 3 aliphatic rings. The first-order chi connectivity index (χ1) is 10.1. The molecule has 3 aliphatic carbocycles. The Hall–Kier alpha value is -0.700. The lowest BCUT2D eigenvalue weighted by Gasteiger charge is -2.41. The highest BCUT2D eigenvalue weighted by Gasteiger charge is 2.46. The largest absolute Gasteiger partial charge is 0.299 e. The minimum atomic E-state index is -0.342. The molecular weight excluding hydrogens is 328 g/mol. The van der Waals surface area contributed by atoms with Gasteiger partial charge in [0.25, 0.3) is 0 Å². The molecule has 0 N–H and O–H groups in total. The minimum absolute atomic E-state index is 0.212. The summed E-state index contributed by atoms with van der Waals surface area (Å²) in [5.41, 5.74) is 2.22. The van der Waals surface area contributed by atoms with E-state index in [0.717, 1.165) is 44.1 Å². The van der Waals surface area contributed by atoms with Gasteiger partial charge in [-0.1, -0.05) is 33.5 Å². The van der Waals surface area contributed by atoms with Crippen molar-refractivity contribution < 1.29 is 9.59 Å². The molecule has 0 aromatic heterocycles. The maximum absolute atomic E-state index is 12.7. The number of allylic oxidation sites excluding steroid dienone is 4. The van der Waals surface area contributed by atoms with E-state index < -0.39 is 0 Å². The summed E-state index contributed by atoms with van der Waals surface area (Å²) in [6.45, 7) is 0. The number of Topliss-reactive ketones (excluding diaryl/α,β-unsaturated/α-hetero) is 1. The summed E-state index contributed by atoms with van der Waals surface area (Å²) in [6, 6.07) is 0. The van der Waals surface area contributed by atoms with E-state index in [4.69, 9.17) is 0 Å². The van der Waals surface area contributed by atoms with Crippen LogP contribution in [0.25, 0.3) is 0 Å². The Morgan fingerprint density at radius 3 is 2.62 bits per heavy atom. The van der Waals surface area contributed by atoms with Crippen LogP contribution in [0.4, 0.5) is 0 Å². The Morgan fingerprint density at radius 1 is 0.952 bits per heavy atom. The predicted octanol–water partition coefficient (Wildman–Crippen LogP) is 5.02. The zero-order chi connectivity index (χ0) is 14.9. The quantitative estimate of drug-likeness (QED) is 0.700. The van der Waals surface area contributed by atoms with Crippen LogP contribution in [0.2, 0.25) is 0 Å². The Labute approximate surface area is 135 Å². The summed E-state index contributed by atoms with van der Waals surface area (Å²) in [6.07, 6.45) is 12.4. The Kier molecular flexibility index (Phi) is 4.49. The van der Waals surface area contributed by atoms with Crippen LogP contribution in [-0.4, -0.2) is 11.6 Å². The normalized spacial score (nSPS) is 30.8. The summed E-state index contributed by atoms with van der Waals surface area (Å²) in [5.74, 6) is 0.591. The average molecular weight is 351 g/mol. The third-order valence-electron chi connectivity index (χ3n) is 5.41. The van der Waals surface area contributed by atoms with E-state index in [0.29, 0.717) is 18.6 Å². The number of carbonyl (C=O) groups excluding carboxylic acids is 2. The summed E-state index contributed by atoms with van der Waals surface area (Å²) in [4.78, 5) is 24.5. The minimum Gasteiger partial charge on any atom is -0.299 e. The fraction of sp³-hybridized carbons (Fsp3) is 0.667. The molecule has 1 atom stereocenters. The third-order valence-corrected chi connectivity index (χ3v) is 6.36. The first-order valence-electron chi connectivity index (χ1n) is 8.25. The van der Waals surface area contributed by atoms with Crippen LogP contribution in [0, 0.1) is 5.41 Å². The maximum atomic E-state index is 12.7. The van der Waals surface area contributed by atoms with Gasteiger partial charge in [-0.25, -0.2) is 0 Å². The molecule has 0 radical (unpaired) electrons. The van der Waals surface area contributed by atoms with Crippen molar-refractivity contribution in [3.05, 3.63) is 21.7 Å². The first-order valence-corrected chi connectivity index (χ1v) is 9.05. The highest BCUT2D eigenvalue weighted by atomic mass is 79.9. The van der Waals surface area contributed by atoms with Crippen molar-refractivity contribution in [2.45, 2.75) is 70.6 Å². The van der Waals surface area contributed by atoms with Gasteiger partial charge in [-0.15, -0.1) is 0 Å². The van der Waals surface area contributed by atoms with Crippen LogP contribution in [0.3, 0.4) is 0 Å². The van der Waals surface area contributed by atoms with E-state index in [1.165, 1.54) is 29.3 Å². The van der Waals surface area contributed by atoms with Crippen molar-refractivity contribution in [1.29, 1.82) is 0 Å². The number of halogens is 1. The van der Waals surface area contributed by atoms with Gasteiger partial charge in [0.05, 0.1) is 5.41 Å². The van der Waals surface area contributed by atoms with Gasteiger partial charge in [-0.2, -0.15) is 0 Å². The molecule has 0 amide bonds. The lowest BCUT2D eigenvalue weighted by atomic mass is 9.61. The molecule has 0 saturated heterocycles. The summed E-state index contributed by atoms with van der Waals surface area (Å²) < 4.78 is 1.32. The van der Waals surface area contributed by atoms with Gasteiger partial charge in [-0.05, 0) is 61.9 Å². The number of hydrogen-bond donors (Lipinski definition) is 0. The van der Waals surface area contributed by atoms with Crippen LogP contribution in [0.1, 0.15) is 70.6 Å². The van der Waals surface area contributed by atoms with Gasteiger partial charge in [0, 0.05) is 12.8 Å².